The zero-order valence-corrected chi connectivity index (χ0v) is 15.2. The molecule has 1 aromatic heterocycles. The fourth-order valence-electron chi connectivity index (χ4n) is 4.41. The molecule has 1 saturated heterocycles. The van der Waals surface area contributed by atoms with Crippen LogP contribution in [0, 0.1) is 5.92 Å². The first kappa shape index (κ1) is 16.6. The molecule has 4 heteroatoms. The van der Waals surface area contributed by atoms with Crippen LogP contribution in [0.5, 0.6) is 5.75 Å². The number of rotatable bonds is 5. The highest BCUT2D eigenvalue weighted by molar-refractivity contribution is 5.39. The van der Waals surface area contributed by atoms with Gasteiger partial charge in [-0.2, -0.15) is 0 Å². The fourth-order valence-corrected chi connectivity index (χ4v) is 4.41. The first-order valence-corrected chi connectivity index (χ1v) is 9.24. The number of hydrogen-bond acceptors (Lipinski definition) is 4. The monoisotopic (exact) mass is 337 g/mol. The van der Waals surface area contributed by atoms with Crippen molar-refractivity contribution in [3.05, 3.63) is 59.4 Å². The van der Waals surface area contributed by atoms with E-state index in [4.69, 9.17) is 4.74 Å². The fraction of sp³-hybridized carbons (Fsp3) is 0.476. The molecule has 0 amide bonds. The summed E-state index contributed by atoms with van der Waals surface area (Å²) in [5.41, 5.74) is 4.09. The van der Waals surface area contributed by atoms with Crippen LogP contribution in [0.4, 0.5) is 0 Å². The van der Waals surface area contributed by atoms with Gasteiger partial charge in [0.05, 0.1) is 6.61 Å². The molecule has 25 heavy (non-hydrogen) atoms. The van der Waals surface area contributed by atoms with E-state index in [1.807, 2.05) is 12.4 Å². The van der Waals surface area contributed by atoms with Crippen molar-refractivity contribution < 1.29 is 4.74 Å². The number of aromatic nitrogens is 1. The lowest BCUT2D eigenvalue weighted by molar-refractivity contribution is 0.213. The summed E-state index contributed by atoms with van der Waals surface area (Å²) in [5, 5.41) is 0. The van der Waals surface area contributed by atoms with Crippen LogP contribution in [-0.2, 0) is 13.0 Å². The summed E-state index contributed by atoms with van der Waals surface area (Å²) in [6.45, 7) is 4.09. The highest BCUT2D eigenvalue weighted by Gasteiger charge is 2.33. The van der Waals surface area contributed by atoms with Gasteiger partial charge in [0.15, 0.2) is 0 Å². The van der Waals surface area contributed by atoms with Crippen molar-refractivity contribution in [2.45, 2.75) is 25.4 Å². The van der Waals surface area contributed by atoms with Crippen LogP contribution in [0.25, 0.3) is 0 Å². The van der Waals surface area contributed by atoms with Crippen molar-refractivity contribution in [1.82, 2.24) is 14.8 Å². The van der Waals surface area contributed by atoms with Crippen molar-refractivity contribution in [3.8, 4) is 5.75 Å². The van der Waals surface area contributed by atoms with E-state index in [1.165, 1.54) is 23.1 Å². The number of hydrogen-bond donors (Lipinski definition) is 0. The summed E-state index contributed by atoms with van der Waals surface area (Å²) in [4.78, 5) is 9.26. The second-order valence-corrected chi connectivity index (χ2v) is 7.50. The predicted molar refractivity (Wildman–Crippen MR) is 99.7 cm³/mol. The van der Waals surface area contributed by atoms with E-state index in [1.54, 1.807) is 0 Å². The first-order valence-electron chi connectivity index (χ1n) is 9.24. The highest BCUT2D eigenvalue weighted by atomic mass is 16.5. The maximum absolute atomic E-state index is 5.62. The standard InChI is InChI=1S/C21H27N3O/c1-23(14-16-5-6-20-17(12-16)8-11-25-20)15-19-7-10-24(2)21(19)18-4-3-9-22-13-18/h3-6,9,12-13,19,21H,7-8,10-11,14-15H2,1-2H3/t19-,21-/m0/s1. The van der Waals surface area contributed by atoms with Gasteiger partial charge in [0.1, 0.15) is 5.75 Å². The number of pyridine rings is 1. The van der Waals surface area contributed by atoms with Crippen LogP contribution < -0.4 is 4.74 Å². The van der Waals surface area contributed by atoms with Crippen molar-refractivity contribution in [2.75, 3.05) is 33.8 Å². The van der Waals surface area contributed by atoms with Gasteiger partial charge in [-0.1, -0.05) is 18.2 Å². The van der Waals surface area contributed by atoms with E-state index >= 15 is 0 Å². The number of likely N-dealkylation sites (tertiary alicyclic amines) is 1. The Kier molecular flexibility index (Phi) is 4.73. The van der Waals surface area contributed by atoms with Gasteiger partial charge < -0.3 is 9.64 Å². The van der Waals surface area contributed by atoms with E-state index in [2.05, 4.69) is 59.2 Å². The van der Waals surface area contributed by atoms with Gasteiger partial charge in [-0.15, -0.1) is 0 Å². The third-order valence-electron chi connectivity index (χ3n) is 5.55. The number of benzene rings is 1. The van der Waals surface area contributed by atoms with Gasteiger partial charge in [-0.25, -0.2) is 0 Å². The minimum Gasteiger partial charge on any atom is -0.493 e. The molecule has 0 bridgehead atoms. The van der Waals surface area contributed by atoms with Crippen molar-refractivity contribution >= 4 is 0 Å². The molecule has 2 atom stereocenters. The van der Waals surface area contributed by atoms with E-state index in [9.17, 15) is 0 Å². The Morgan fingerprint density at radius 3 is 3.08 bits per heavy atom. The zero-order valence-electron chi connectivity index (χ0n) is 15.2. The summed E-state index contributed by atoms with van der Waals surface area (Å²) in [6.07, 6.45) is 6.18. The van der Waals surface area contributed by atoms with Crippen molar-refractivity contribution in [3.63, 3.8) is 0 Å². The minimum atomic E-state index is 0.476. The molecule has 0 unspecified atom stereocenters. The van der Waals surface area contributed by atoms with Crippen LogP contribution >= 0.6 is 0 Å². The lowest BCUT2D eigenvalue weighted by atomic mass is 9.94. The Labute approximate surface area is 150 Å². The Morgan fingerprint density at radius 2 is 2.24 bits per heavy atom. The first-order chi connectivity index (χ1) is 12.2. The molecule has 132 valence electrons. The second kappa shape index (κ2) is 7.14. The molecule has 2 aliphatic heterocycles. The predicted octanol–water partition coefficient (Wildman–Crippen LogP) is 3.14. The van der Waals surface area contributed by atoms with Gasteiger partial charge in [0, 0.05) is 37.9 Å². The molecule has 0 saturated carbocycles. The van der Waals surface area contributed by atoms with Crippen molar-refractivity contribution in [2.24, 2.45) is 5.92 Å². The second-order valence-electron chi connectivity index (χ2n) is 7.50. The van der Waals surface area contributed by atoms with E-state index in [0.29, 0.717) is 12.0 Å². The Morgan fingerprint density at radius 1 is 1.32 bits per heavy atom. The average molecular weight is 337 g/mol. The molecule has 0 N–H and O–H groups in total. The third-order valence-corrected chi connectivity index (χ3v) is 5.55. The SMILES string of the molecule is CN(Cc1ccc2c(c1)CCO2)C[C@@H]1CCN(C)[C@H]1c1cccnc1. The summed E-state index contributed by atoms with van der Waals surface area (Å²) in [7, 11) is 4.47. The lowest BCUT2D eigenvalue weighted by Gasteiger charge is -2.28. The molecular formula is C21H27N3O. The molecule has 0 aliphatic carbocycles. The van der Waals surface area contributed by atoms with E-state index < -0.39 is 0 Å². The van der Waals surface area contributed by atoms with Crippen molar-refractivity contribution in [1.29, 1.82) is 0 Å². The van der Waals surface area contributed by atoms with Gasteiger partial charge in [-0.3, -0.25) is 9.88 Å². The molecule has 2 aromatic rings. The normalized spacial score (nSPS) is 23.0. The minimum absolute atomic E-state index is 0.476. The number of nitrogens with zero attached hydrogens (tertiary/aromatic N) is 3. The summed E-state index contributed by atoms with van der Waals surface area (Å²) < 4.78 is 5.62. The molecule has 4 nitrogen and oxygen atoms in total. The molecule has 1 aromatic carbocycles. The Balaban J connectivity index is 1.42. The van der Waals surface area contributed by atoms with Gasteiger partial charge >= 0.3 is 0 Å². The topological polar surface area (TPSA) is 28.6 Å². The smallest absolute Gasteiger partial charge is 0.122 e. The number of fused-ring (bicyclic) bond motifs is 1. The Bertz CT molecular complexity index is 718. The number of ether oxygens (including phenoxy) is 1. The summed E-state index contributed by atoms with van der Waals surface area (Å²) in [6, 6.07) is 11.4. The third kappa shape index (κ3) is 3.55. The van der Waals surface area contributed by atoms with Gasteiger partial charge in [-0.05, 0) is 61.8 Å². The van der Waals surface area contributed by atoms with E-state index in [0.717, 1.165) is 38.4 Å². The summed E-state index contributed by atoms with van der Waals surface area (Å²) in [5.74, 6) is 1.72. The lowest BCUT2D eigenvalue weighted by Crippen LogP contribution is -2.30. The maximum Gasteiger partial charge on any atom is 0.122 e. The largest absolute Gasteiger partial charge is 0.493 e. The molecule has 0 radical (unpaired) electrons. The van der Waals surface area contributed by atoms with Crippen LogP contribution in [0.3, 0.4) is 0 Å². The molecule has 2 aliphatic rings. The quantitative estimate of drug-likeness (QED) is 0.838. The zero-order chi connectivity index (χ0) is 17.2. The average Bonchev–Trinajstić information content (AvgIpc) is 3.22. The molecular weight excluding hydrogens is 310 g/mol. The highest BCUT2D eigenvalue weighted by Crippen LogP contribution is 2.36. The van der Waals surface area contributed by atoms with Crippen LogP contribution in [0.1, 0.15) is 29.2 Å². The van der Waals surface area contributed by atoms with Crippen LogP contribution in [0.15, 0.2) is 42.7 Å². The maximum atomic E-state index is 5.62. The van der Waals surface area contributed by atoms with E-state index in [-0.39, 0.29) is 0 Å². The summed E-state index contributed by atoms with van der Waals surface area (Å²) >= 11 is 0. The molecule has 4 rings (SSSR count). The van der Waals surface area contributed by atoms with Gasteiger partial charge in [0.2, 0.25) is 0 Å². The van der Waals surface area contributed by atoms with Gasteiger partial charge in [0.25, 0.3) is 0 Å². The molecule has 3 heterocycles. The van der Waals surface area contributed by atoms with Crippen LogP contribution in [0.2, 0.25) is 0 Å². The molecule has 0 spiro atoms. The van der Waals surface area contributed by atoms with Crippen LogP contribution in [-0.4, -0.2) is 48.6 Å². The Hall–Kier alpha value is -1.91. The molecule has 1 fully saturated rings.